The molecule has 2 saturated heterocycles. The lowest BCUT2D eigenvalue weighted by atomic mass is 10.1. The molecule has 1 atom stereocenters. The predicted octanol–water partition coefficient (Wildman–Crippen LogP) is 0.619. The summed E-state index contributed by atoms with van der Waals surface area (Å²) in [6.45, 7) is 3.91. The number of amides is 1. The Hall–Kier alpha value is -2.41. The summed E-state index contributed by atoms with van der Waals surface area (Å²) in [5.41, 5.74) is 0.645. The molecule has 0 spiro atoms. The van der Waals surface area contributed by atoms with E-state index in [2.05, 4.69) is 9.88 Å². The Labute approximate surface area is 145 Å². The quantitative estimate of drug-likeness (QED) is 0.800. The fraction of sp³-hybridized carbons (Fsp3) is 0.500. The minimum Gasteiger partial charge on any atom is -0.378 e. The van der Waals surface area contributed by atoms with Crippen molar-refractivity contribution in [3.8, 4) is 0 Å². The summed E-state index contributed by atoms with van der Waals surface area (Å²) in [6, 6.07) is 7.38. The summed E-state index contributed by atoms with van der Waals surface area (Å²) in [4.78, 5) is 33.9. The Morgan fingerprint density at radius 1 is 1.20 bits per heavy atom. The molecule has 1 aromatic heterocycles. The van der Waals surface area contributed by atoms with Crippen LogP contribution in [0.4, 0.5) is 5.95 Å². The zero-order valence-corrected chi connectivity index (χ0v) is 14.4. The van der Waals surface area contributed by atoms with Crippen molar-refractivity contribution >= 4 is 22.8 Å². The number of hydrogen-bond donors (Lipinski definition) is 0. The molecule has 3 heterocycles. The van der Waals surface area contributed by atoms with Gasteiger partial charge in [0, 0.05) is 33.2 Å². The first-order chi connectivity index (χ1) is 12.1. The van der Waals surface area contributed by atoms with Crippen molar-refractivity contribution in [1.29, 1.82) is 0 Å². The van der Waals surface area contributed by atoms with E-state index in [4.69, 9.17) is 4.74 Å². The lowest BCUT2D eigenvalue weighted by molar-refractivity contribution is -0.138. The van der Waals surface area contributed by atoms with Gasteiger partial charge in [-0.05, 0) is 18.6 Å². The molecule has 0 N–H and O–H groups in total. The van der Waals surface area contributed by atoms with E-state index in [0.717, 1.165) is 13.0 Å². The van der Waals surface area contributed by atoms with Crippen molar-refractivity contribution < 1.29 is 9.53 Å². The number of fused-ring (bicyclic) bond motifs is 1. The Morgan fingerprint density at radius 2 is 1.96 bits per heavy atom. The lowest BCUT2D eigenvalue weighted by Gasteiger charge is -2.29. The average molecular weight is 342 g/mol. The van der Waals surface area contributed by atoms with E-state index in [1.807, 2.05) is 23.1 Å². The molecule has 0 radical (unpaired) electrons. The molecule has 7 heteroatoms. The first-order valence-corrected chi connectivity index (χ1v) is 8.72. The van der Waals surface area contributed by atoms with E-state index in [1.165, 1.54) is 0 Å². The second-order valence-corrected chi connectivity index (χ2v) is 6.66. The third-order valence-electron chi connectivity index (χ3n) is 5.10. The van der Waals surface area contributed by atoms with Gasteiger partial charge in [-0.3, -0.25) is 14.2 Å². The molecule has 0 saturated carbocycles. The average Bonchev–Trinajstić information content (AvgIpc) is 3.14. The number of carbonyl (C=O) groups excluding carboxylic acids is 1. The van der Waals surface area contributed by atoms with Crippen molar-refractivity contribution in [1.82, 2.24) is 14.5 Å². The van der Waals surface area contributed by atoms with Crippen molar-refractivity contribution in [3.63, 3.8) is 0 Å². The van der Waals surface area contributed by atoms with Crippen LogP contribution >= 0.6 is 0 Å². The van der Waals surface area contributed by atoms with Crippen LogP contribution in [0.25, 0.3) is 10.9 Å². The number of nitrogens with zero attached hydrogens (tertiary/aromatic N) is 4. The number of para-hydroxylation sites is 1. The van der Waals surface area contributed by atoms with Gasteiger partial charge >= 0.3 is 0 Å². The molecule has 2 aliphatic rings. The fourth-order valence-electron chi connectivity index (χ4n) is 3.67. The standard InChI is InChI=1S/C18H22N4O3/c1-20-17(24)14-4-2-3-5-15(14)19-18(20)22-7-6-13(12-22)16(23)21-8-10-25-11-9-21/h2-5,13H,6-12H2,1H3. The van der Waals surface area contributed by atoms with Crippen LogP contribution < -0.4 is 10.5 Å². The molecule has 4 rings (SSSR count). The van der Waals surface area contributed by atoms with Gasteiger partial charge < -0.3 is 14.5 Å². The van der Waals surface area contributed by atoms with Gasteiger partial charge in [0.25, 0.3) is 5.56 Å². The van der Waals surface area contributed by atoms with Crippen LogP contribution in [0.2, 0.25) is 0 Å². The molecule has 0 bridgehead atoms. The molecule has 1 aromatic carbocycles. The summed E-state index contributed by atoms with van der Waals surface area (Å²) in [6.07, 6.45) is 0.791. The van der Waals surface area contributed by atoms with E-state index in [1.54, 1.807) is 17.7 Å². The molecule has 7 nitrogen and oxygen atoms in total. The second-order valence-electron chi connectivity index (χ2n) is 6.66. The van der Waals surface area contributed by atoms with E-state index in [0.29, 0.717) is 49.7 Å². The number of aromatic nitrogens is 2. The molecule has 1 amide bonds. The number of hydrogen-bond acceptors (Lipinski definition) is 5. The number of carbonyl (C=O) groups is 1. The lowest BCUT2D eigenvalue weighted by Crippen LogP contribution is -2.44. The molecule has 2 fully saturated rings. The highest BCUT2D eigenvalue weighted by Gasteiger charge is 2.33. The molecule has 0 aliphatic carbocycles. The van der Waals surface area contributed by atoms with Crippen molar-refractivity contribution in [2.75, 3.05) is 44.3 Å². The van der Waals surface area contributed by atoms with Gasteiger partial charge in [0.05, 0.1) is 30.0 Å². The minimum absolute atomic E-state index is 0.0403. The van der Waals surface area contributed by atoms with Gasteiger partial charge in [0.15, 0.2) is 0 Å². The SMILES string of the molecule is Cn1c(N2CCC(C(=O)N3CCOCC3)C2)nc2ccccc2c1=O. The molecule has 1 unspecified atom stereocenters. The van der Waals surface area contributed by atoms with Gasteiger partial charge in [0.2, 0.25) is 11.9 Å². The van der Waals surface area contributed by atoms with E-state index >= 15 is 0 Å². The van der Waals surface area contributed by atoms with Gasteiger partial charge in [-0.15, -0.1) is 0 Å². The van der Waals surface area contributed by atoms with Crippen LogP contribution in [-0.4, -0.2) is 59.8 Å². The van der Waals surface area contributed by atoms with Crippen LogP contribution in [0.5, 0.6) is 0 Å². The predicted molar refractivity (Wildman–Crippen MR) is 94.7 cm³/mol. The van der Waals surface area contributed by atoms with Crippen molar-refractivity contribution in [2.24, 2.45) is 13.0 Å². The largest absolute Gasteiger partial charge is 0.378 e. The molecule has 2 aromatic rings. The highest BCUT2D eigenvalue weighted by atomic mass is 16.5. The Morgan fingerprint density at radius 3 is 2.76 bits per heavy atom. The maximum atomic E-state index is 12.7. The molecular weight excluding hydrogens is 320 g/mol. The number of benzene rings is 1. The first-order valence-electron chi connectivity index (χ1n) is 8.72. The second kappa shape index (κ2) is 6.48. The number of ether oxygens (including phenoxy) is 1. The monoisotopic (exact) mass is 342 g/mol. The van der Waals surface area contributed by atoms with Gasteiger partial charge in [-0.2, -0.15) is 0 Å². The topological polar surface area (TPSA) is 67.7 Å². The summed E-state index contributed by atoms with van der Waals surface area (Å²) in [7, 11) is 1.74. The maximum absolute atomic E-state index is 12.7. The zero-order chi connectivity index (χ0) is 17.4. The smallest absolute Gasteiger partial charge is 0.262 e. The Bertz CT molecular complexity index is 857. The number of anilines is 1. The summed E-state index contributed by atoms with van der Waals surface area (Å²) in [5.74, 6) is 0.791. The molecule has 132 valence electrons. The molecule has 25 heavy (non-hydrogen) atoms. The molecular formula is C18H22N4O3. The van der Waals surface area contributed by atoms with Crippen LogP contribution in [0.3, 0.4) is 0 Å². The van der Waals surface area contributed by atoms with Crippen molar-refractivity contribution in [3.05, 3.63) is 34.6 Å². The van der Waals surface area contributed by atoms with Crippen molar-refractivity contribution in [2.45, 2.75) is 6.42 Å². The number of morpholine rings is 1. The molecule has 2 aliphatic heterocycles. The van der Waals surface area contributed by atoms with Gasteiger partial charge in [0.1, 0.15) is 0 Å². The maximum Gasteiger partial charge on any atom is 0.262 e. The zero-order valence-electron chi connectivity index (χ0n) is 14.4. The highest BCUT2D eigenvalue weighted by Crippen LogP contribution is 2.24. The summed E-state index contributed by atoms with van der Waals surface area (Å²) < 4.78 is 6.91. The third kappa shape index (κ3) is 2.89. The van der Waals surface area contributed by atoms with E-state index in [9.17, 15) is 9.59 Å². The normalized spacial score (nSPS) is 21.1. The van der Waals surface area contributed by atoms with Gasteiger partial charge in [-0.1, -0.05) is 12.1 Å². The van der Waals surface area contributed by atoms with E-state index < -0.39 is 0 Å². The highest BCUT2D eigenvalue weighted by molar-refractivity contribution is 5.81. The van der Waals surface area contributed by atoms with Crippen LogP contribution in [-0.2, 0) is 16.6 Å². The van der Waals surface area contributed by atoms with Gasteiger partial charge in [-0.25, -0.2) is 4.98 Å². The third-order valence-corrected chi connectivity index (χ3v) is 5.10. The summed E-state index contributed by atoms with van der Waals surface area (Å²) in [5, 5.41) is 0.619. The number of rotatable bonds is 2. The Balaban J connectivity index is 1.57. The van der Waals surface area contributed by atoms with E-state index in [-0.39, 0.29) is 17.4 Å². The Kier molecular flexibility index (Phi) is 4.17. The first kappa shape index (κ1) is 16.1. The fourth-order valence-corrected chi connectivity index (χ4v) is 3.67. The summed E-state index contributed by atoms with van der Waals surface area (Å²) >= 11 is 0. The van der Waals surface area contributed by atoms with Crippen LogP contribution in [0.15, 0.2) is 29.1 Å². The van der Waals surface area contributed by atoms with Crippen LogP contribution in [0.1, 0.15) is 6.42 Å². The minimum atomic E-state index is -0.0523. The van der Waals surface area contributed by atoms with Crippen LogP contribution in [0, 0.1) is 5.92 Å².